The van der Waals surface area contributed by atoms with Gasteiger partial charge < -0.3 is 4.74 Å². The Kier molecular flexibility index (Phi) is 5.43. The van der Waals surface area contributed by atoms with Crippen LogP contribution in [0, 0.1) is 0 Å². The molecule has 0 spiro atoms. The average molecular weight is 370 g/mol. The number of thioether (sulfide) groups is 1. The fourth-order valence-corrected chi connectivity index (χ4v) is 3.01. The van der Waals surface area contributed by atoms with Gasteiger partial charge in [-0.05, 0) is 12.3 Å². The van der Waals surface area contributed by atoms with Crippen LogP contribution in [0.3, 0.4) is 0 Å². The Morgan fingerprint density at radius 2 is 2.16 bits per heavy atom. The number of nitrogens with zero attached hydrogens (tertiary/aromatic N) is 4. The van der Waals surface area contributed by atoms with Crippen LogP contribution in [-0.2, 0) is 19.5 Å². The number of ether oxygens (including phenoxy) is 1. The molecule has 5 nitrogen and oxygen atoms in total. The molecule has 3 heterocycles. The van der Waals surface area contributed by atoms with E-state index in [9.17, 15) is 13.2 Å². The summed E-state index contributed by atoms with van der Waals surface area (Å²) in [6.07, 6.45) is 1.58. The van der Waals surface area contributed by atoms with E-state index in [-0.39, 0.29) is 5.88 Å². The topological polar surface area (TPSA) is 51.1 Å². The van der Waals surface area contributed by atoms with Gasteiger partial charge in [0, 0.05) is 49.6 Å². The van der Waals surface area contributed by atoms with E-state index in [2.05, 4.69) is 19.9 Å². The molecule has 1 aliphatic heterocycles. The van der Waals surface area contributed by atoms with Crippen molar-refractivity contribution in [1.82, 2.24) is 19.9 Å². The molecule has 0 N–H and O–H groups in total. The van der Waals surface area contributed by atoms with Crippen LogP contribution in [0.15, 0.2) is 29.7 Å². The highest BCUT2D eigenvalue weighted by Gasteiger charge is 2.29. The first kappa shape index (κ1) is 17.9. The summed E-state index contributed by atoms with van der Waals surface area (Å²) in [6.45, 7) is 0.541. The Balaban J connectivity index is 1.69. The summed E-state index contributed by atoms with van der Waals surface area (Å²) in [5, 5.41) is 0.752. The van der Waals surface area contributed by atoms with Gasteiger partial charge in [-0.1, -0.05) is 17.8 Å². The van der Waals surface area contributed by atoms with Gasteiger partial charge in [-0.3, -0.25) is 4.90 Å². The van der Waals surface area contributed by atoms with Crippen molar-refractivity contribution in [3.05, 3.63) is 41.3 Å². The lowest BCUT2D eigenvalue weighted by Gasteiger charge is -2.28. The van der Waals surface area contributed by atoms with Crippen molar-refractivity contribution in [3.63, 3.8) is 0 Å². The SMILES string of the molecule is CSc1ncc2c(n1)CCN(Cc1cccnc1OCC(F)(F)F)C2. The smallest absolute Gasteiger partial charge is 0.422 e. The highest BCUT2D eigenvalue weighted by Crippen LogP contribution is 2.24. The van der Waals surface area contributed by atoms with Gasteiger partial charge in [0.05, 0.1) is 5.69 Å². The minimum Gasteiger partial charge on any atom is -0.468 e. The number of aromatic nitrogens is 3. The lowest BCUT2D eigenvalue weighted by atomic mass is 10.1. The van der Waals surface area contributed by atoms with Gasteiger partial charge in [0.2, 0.25) is 5.88 Å². The van der Waals surface area contributed by atoms with E-state index >= 15 is 0 Å². The third-order valence-corrected chi connectivity index (χ3v) is 4.35. The molecule has 25 heavy (non-hydrogen) atoms. The lowest BCUT2D eigenvalue weighted by Crippen LogP contribution is -2.31. The average Bonchev–Trinajstić information content (AvgIpc) is 2.60. The summed E-state index contributed by atoms with van der Waals surface area (Å²) in [7, 11) is 0. The Morgan fingerprint density at radius 1 is 1.32 bits per heavy atom. The quantitative estimate of drug-likeness (QED) is 0.596. The second-order valence-electron chi connectivity index (χ2n) is 5.66. The molecule has 3 rings (SSSR count). The number of hydrogen-bond donors (Lipinski definition) is 0. The molecule has 0 aromatic carbocycles. The van der Waals surface area contributed by atoms with Crippen LogP contribution in [0.25, 0.3) is 0 Å². The minimum absolute atomic E-state index is 0.0274. The maximum absolute atomic E-state index is 12.4. The number of alkyl halides is 3. The molecule has 2 aromatic rings. The predicted molar refractivity (Wildman–Crippen MR) is 87.4 cm³/mol. The van der Waals surface area contributed by atoms with E-state index in [1.165, 1.54) is 18.0 Å². The fourth-order valence-electron chi connectivity index (χ4n) is 2.66. The summed E-state index contributed by atoms with van der Waals surface area (Å²) >= 11 is 1.50. The van der Waals surface area contributed by atoms with E-state index < -0.39 is 12.8 Å². The van der Waals surface area contributed by atoms with Crippen LogP contribution >= 0.6 is 11.8 Å². The van der Waals surface area contributed by atoms with Gasteiger partial charge >= 0.3 is 6.18 Å². The Hall–Kier alpha value is -1.87. The zero-order valence-electron chi connectivity index (χ0n) is 13.6. The van der Waals surface area contributed by atoms with Crippen molar-refractivity contribution in [2.24, 2.45) is 0 Å². The summed E-state index contributed by atoms with van der Waals surface area (Å²) in [4.78, 5) is 14.9. The second-order valence-corrected chi connectivity index (χ2v) is 6.43. The molecule has 2 aromatic heterocycles. The van der Waals surface area contributed by atoms with E-state index in [1.807, 2.05) is 12.5 Å². The number of halogens is 3. The Labute approximate surface area is 147 Å². The maximum Gasteiger partial charge on any atom is 0.422 e. The number of fused-ring (bicyclic) bond motifs is 1. The Morgan fingerprint density at radius 3 is 2.92 bits per heavy atom. The molecular weight excluding hydrogens is 353 g/mol. The molecule has 0 unspecified atom stereocenters. The summed E-state index contributed by atoms with van der Waals surface area (Å²) in [5.41, 5.74) is 2.72. The summed E-state index contributed by atoms with van der Waals surface area (Å²) < 4.78 is 42.0. The molecule has 0 saturated carbocycles. The third-order valence-electron chi connectivity index (χ3n) is 3.79. The van der Waals surface area contributed by atoms with Gasteiger partial charge in [-0.15, -0.1) is 0 Å². The van der Waals surface area contributed by atoms with Crippen molar-refractivity contribution < 1.29 is 17.9 Å². The third kappa shape index (κ3) is 4.82. The van der Waals surface area contributed by atoms with Crippen molar-refractivity contribution >= 4 is 11.8 Å². The van der Waals surface area contributed by atoms with Crippen LogP contribution in [0.5, 0.6) is 5.88 Å². The van der Waals surface area contributed by atoms with Crippen LogP contribution < -0.4 is 4.74 Å². The van der Waals surface area contributed by atoms with Crippen molar-refractivity contribution in [2.45, 2.75) is 30.8 Å². The lowest BCUT2D eigenvalue weighted by molar-refractivity contribution is -0.154. The number of rotatable bonds is 5. The molecule has 9 heteroatoms. The van der Waals surface area contributed by atoms with Crippen molar-refractivity contribution in [1.29, 1.82) is 0 Å². The van der Waals surface area contributed by atoms with Crippen LogP contribution in [0.1, 0.15) is 16.8 Å². The molecular formula is C16H17F3N4OS. The van der Waals surface area contributed by atoms with Gasteiger partial charge in [0.25, 0.3) is 0 Å². The van der Waals surface area contributed by atoms with Gasteiger partial charge in [-0.25, -0.2) is 15.0 Å². The van der Waals surface area contributed by atoms with Crippen LogP contribution in [0.2, 0.25) is 0 Å². The maximum atomic E-state index is 12.4. The molecule has 0 atom stereocenters. The first-order valence-corrected chi connectivity index (χ1v) is 8.91. The monoisotopic (exact) mass is 370 g/mol. The summed E-state index contributed by atoms with van der Waals surface area (Å²) in [5.74, 6) is 0.0274. The molecule has 0 aliphatic carbocycles. The van der Waals surface area contributed by atoms with Gasteiger partial charge in [0.1, 0.15) is 0 Å². The fraction of sp³-hybridized carbons (Fsp3) is 0.438. The molecule has 0 bridgehead atoms. The predicted octanol–water partition coefficient (Wildman–Crippen LogP) is 3.09. The van der Waals surface area contributed by atoms with Gasteiger partial charge in [-0.2, -0.15) is 13.2 Å². The van der Waals surface area contributed by atoms with Gasteiger partial charge in [0.15, 0.2) is 11.8 Å². The van der Waals surface area contributed by atoms with Crippen LogP contribution in [0.4, 0.5) is 13.2 Å². The highest BCUT2D eigenvalue weighted by atomic mass is 32.2. The summed E-state index contributed by atoms with van der Waals surface area (Å²) in [6, 6.07) is 3.43. The standard InChI is InChI=1S/C16H17F3N4OS/c1-25-15-21-7-12-9-23(6-4-13(12)22-15)8-11-3-2-5-20-14(11)24-10-16(17,18)19/h2-3,5,7H,4,6,8-10H2,1H3. The molecule has 0 saturated heterocycles. The molecule has 0 amide bonds. The molecule has 0 radical (unpaired) electrons. The number of hydrogen-bond acceptors (Lipinski definition) is 6. The normalized spacial score (nSPS) is 15.0. The first-order valence-electron chi connectivity index (χ1n) is 7.69. The largest absolute Gasteiger partial charge is 0.468 e. The highest BCUT2D eigenvalue weighted by molar-refractivity contribution is 7.98. The van der Waals surface area contributed by atoms with Crippen molar-refractivity contribution in [3.8, 4) is 5.88 Å². The minimum atomic E-state index is -4.38. The molecule has 134 valence electrons. The van der Waals surface area contributed by atoms with E-state index in [0.29, 0.717) is 18.7 Å². The Bertz CT molecular complexity index is 742. The van der Waals surface area contributed by atoms with E-state index in [0.717, 1.165) is 29.4 Å². The molecule has 0 fully saturated rings. The van der Waals surface area contributed by atoms with Crippen LogP contribution in [-0.4, -0.2) is 45.4 Å². The number of pyridine rings is 1. The zero-order valence-corrected chi connectivity index (χ0v) is 14.4. The van der Waals surface area contributed by atoms with E-state index in [1.54, 1.807) is 12.1 Å². The second kappa shape index (κ2) is 7.57. The molecule has 1 aliphatic rings. The first-order chi connectivity index (χ1) is 11.9. The van der Waals surface area contributed by atoms with E-state index in [4.69, 9.17) is 4.74 Å². The van der Waals surface area contributed by atoms with Crippen molar-refractivity contribution in [2.75, 3.05) is 19.4 Å². The zero-order chi connectivity index (χ0) is 17.9.